The van der Waals surface area contributed by atoms with E-state index in [1.165, 1.54) is 19.3 Å². The summed E-state index contributed by atoms with van der Waals surface area (Å²) in [4.78, 5) is 4.50. The van der Waals surface area contributed by atoms with E-state index in [1.54, 1.807) is 0 Å². The van der Waals surface area contributed by atoms with Crippen LogP contribution in [0, 0.1) is 17.8 Å². The molecule has 2 bridgehead atoms. The van der Waals surface area contributed by atoms with Crippen molar-refractivity contribution in [2.24, 2.45) is 28.5 Å². The minimum absolute atomic E-state index is 0.418. The molecule has 3 aliphatic carbocycles. The fourth-order valence-corrected chi connectivity index (χ4v) is 2.88. The summed E-state index contributed by atoms with van der Waals surface area (Å²) in [5, 5.41) is 3.22. The molecule has 3 rings (SSSR count). The van der Waals surface area contributed by atoms with Crippen molar-refractivity contribution in [3.05, 3.63) is 12.2 Å². The van der Waals surface area contributed by atoms with E-state index in [1.807, 2.05) is 0 Å². The number of rotatable bonds is 4. The van der Waals surface area contributed by atoms with Gasteiger partial charge in [0.15, 0.2) is 5.96 Å². The van der Waals surface area contributed by atoms with Crippen molar-refractivity contribution in [3.8, 4) is 0 Å². The summed E-state index contributed by atoms with van der Waals surface area (Å²) in [5.41, 5.74) is 5.89. The van der Waals surface area contributed by atoms with Crippen molar-refractivity contribution in [1.82, 2.24) is 5.32 Å². The van der Waals surface area contributed by atoms with Crippen molar-refractivity contribution >= 4 is 5.96 Å². The minimum Gasteiger partial charge on any atom is -0.370 e. The third-order valence-corrected chi connectivity index (χ3v) is 4.22. The van der Waals surface area contributed by atoms with Crippen LogP contribution >= 0.6 is 0 Å². The van der Waals surface area contributed by atoms with E-state index in [0.29, 0.717) is 12.0 Å². The summed E-state index contributed by atoms with van der Waals surface area (Å²) < 4.78 is 0. The molecule has 0 radical (unpaired) electrons. The number of fused-ring (bicyclic) bond motifs is 2. The Hall–Kier alpha value is -0.990. The summed E-state index contributed by atoms with van der Waals surface area (Å²) >= 11 is 0. The lowest BCUT2D eigenvalue weighted by Crippen LogP contribution is -2.39. The van der Waals surface area contributed by atoms with Gasteiger partial charge in [0.1, 0.15) is 0 Å². The van der Waals surface area contributed by atoms with Crippen LogP contribution < -0.4 is 11.1 Å². The van der Waals surface area contributed by atoms with Gasteiger partial charge in [-0.05, 0) is 50.4 Å². The Balaban J connectivity index is 1.82. The van der Waals surface area contributed by atoms with Gasteiger partial charge in [0, 0.05) is 12.6 Å². The van der Waals surface area contributed by atoms with Gasteiger partial charge in [0.05, 0.1) is 0 Å². The molecule has 3 aliphatic rings. The average molecular weight is 235 g/mol. The number of nitrogens with two attached hydrogens (primary N) is 1. The smallest absolute Gasteiger partial charge is 0.188 e. The number of nitrogens with one attached hydrogen (secondary N) is 1. The van der Waals surface area contributed by atoms with Crippen LogP contribution in [-0.2, 0) is 0 Å². The van der Waals surface area contributed by atoms with Crippen LogP contribution in [0.1, 0.15) is 39.5 Å². The third kappa shape index (κ3) is 3.24. The predicted molar refractivity (Wildman–Crippen MR) is 72.8 cm³/mol. The third-order valence-electron chi connectivity index (χ3n) is 4.22. The second-order valence-electron chi connectivity index (χ2n) is 5.56. The van der Waals surface area contributed by atoms with E-state index in [0.717, 1.165) is 30.7 Å². The van der Waals surface area contributed by atoms with Gasteiger partial charge in [-0.1, -0.05) is 19.1 Å². The first-order valence-corrected chi connectivity index (χ1v) is 6.93. The monoisotopic (exact) mass is 235 g/mol. The lowest BCUT2D eigenvalue weighted by Gasteiger charge is -2.37. The molecule has 0 aliphatic heterocycles. The summed E-state index contributed by atoms with van der Waals surface area (Å²) in [7, 11) is 0. The highest BCUT2D eigenvalue weighted by atomic mass is 15.1. The molecule has 0 saturated heterocycles. The molecule has 3 nitrogen and oxygen atoms in total. The lowest BCUT2D eigenvalue weighted by atomic mass is 9.69. The standard InChI is InChI=1S/C14H25N3/c1-3-10(2)17-14(15)16-9-13-8-11-4-6-12(13)7-5-11/h4,6,10-13H,3,5,7-9H2,1-2H3,(H3,15,16,17). The molecule has 3 heteroatoms. The fraction of sp³-hybridized carbons (Fsp3) is 0.786. The molecular weight excluding hydrogens is 210 g/mol. The molecular formula is C14H25N3. The number of guanidine groups is 1. The van der Waals surface area contributed by atoms with Crippen LogP contribution in [0.25, 0.3) is 0 Å². The number of aliphatic imine (C=N–C) groups is 1. The zero-order valence-corrected chi connectivity index (χ0v) is 11.0. The maximum atomic E-state index is 5.89. The van der Waals surface area contributed by atoms with E-state index in [4.69, 9.17) is 5.73 Å². The maximum absolute atomic E-state index is 5.89. The number of allylic oxidation sites excluding steroid dienone is 2. The van der Waals surface area contributed by atoms with E-state index in [2.05, 4.69) is 36.3 Å². The van der Waals surface area contributed by atoms with Crippen LogP contribution in [0.4, 0.5) is 0 Å². The van der Waals surface area contributed by atoms with Gasteiger partial charge in [0.2, 0.25) is 0 Å². The fourth-order valence-electron chi connectivity index (χ4n) is 2.88. The summed E-state index contributed by atoms with van der Waals surface area (Å²) in [6.45, 7) is 5.17. The van der Waals surface area contributed by atoms with Crippen molar-refractivity contribution in [3.63, 3.8) is 0 Å². The van der Waals surface area contributed by atoms with Crippen LogP contribution in [0.2, 0.25) is 0 Å². The summed E-state index contributed by atoms with van der Waals surface area (Å²) in [6.07, 6.45) is 9.90. The van der Waals surface area contributed by atoms with Gasteiger partial charge >= 0.3 is 0 Å². The van der Waals surface area contributed by atoms with Crippen molar-refractivity contribution in [1.29, 1.82) is 0 Å². The van der Waals surface area contributed by atoms with Crippen molar-refractivity contribution in [2.45, 2.75) is 45.6 Å². The normalized spacial score (nSPS) is 33.8. The zero-order chi connectivity index (χ0) is 12.3. The Morgan fingerprint density at radius 2 is 2.29 bits per heavy atom. The first-order valence-electron chi connectivity index (χ1n) is 6.93. The predicted octanol–water partition coefficient (Wildman–Crippen LogP) is 2.29. The Morgan fingerprint density at radius 3 is 2.82 bits per heavy atom. The summed E-state index contributed by atoms with van der Waals surface area (Å²) in [5.74, 6) is 2.89. The largest absolute Gasteiger partial charge is 0.370 e. The van der Waals surface area contributed by atoms with Gasteiger partial charge in [-0.25, -0.2) is 0 Å². The molecule has 1 fully saturated rings. The molecule has 0 spiro atoms. The van der Waals surface area contributed by atoms with Crippen molar-refractivity contribution < 1.29 is 0 Å². The van der Waals surface area contributed by atoms with Crippen LogP contribution in [0.15, 0.2) is 17.1 Å². The van der Waals surface area contributed by atoms with E-state index >= 15 is 0 Å². The Morgan fingerprint density at radius 1 is 1.47 bits per heavy atom. The van der Waals surface area contributed by atoms with Gasteiger partial charge in [0.25, 0.3) is 0 Å². The van der Waals surface area contributed by atoms with Crippen molar-refractivity contribution in [2.75, 3.05) is 6.54 Å². The molecule has 0 aromatic carbocycles. The number of nitrogens with zero attached hydrogens (tertiary/aromatic N) is 1. The molecule has 17 heavy (non-hydrogen) atoms. The highest BCUT2D eigenvalue weighted by molar-refractivity contribution is 5.78. The Labute approximate surface area is 105 Å². The van der Waals surface area contributed by atoms with Crippen LogP contribution in [-0.4, -0.2) is 18.5 Å². The highest BCUT2D eigenvalue weighted by Gasteiger charge is 2.31. The first kappa shape index (κ1) is 12.5. The second kappa shape index (κ2) is 5.56. The zero-order valence-electron chi connectivity index (χ0n) is 11.0. The average Bonchev–Trinajstić information content (AvgIpc) is 2.37. The minimum atomic E-state index is 0.418. The van der Waals surface area contributed by atoms with Gasteiger partial charge in [-0.3, -0.25) is 4.99 Å². The summed E-state index contributed by atoms with van der Waals surface area (Å²) in [6, 6.07) is 0.418. The second-order valence-corrected chi connectivity index (χ2v) is 5.56. The number of hydrogen-bond acceptors (Lipinski definition) is 1. The van der Waals surface area contributed by atoms with Crippen LogP contribution in [0.3, 0.4) is 0 Å². The first-order chi connectivity index (χ1) is 8.19. The maximum Gasteiger partial charge on any atom is 0.188 e. The van der Waals surface area contributed by atoms with E-state index < -0.39 is 0 Å². The topological polar surface area (TPSA) is 50.4 Å². The number of hydrogen-bond donors (Lipinski definition) is 2. The SMILES string of the molecule is CCC(C)NC(N)=NCC1CC2C=CC1CC2. The molecule has 96 valence electrons. The molecule has 3 N–H and O–H groups in total. The lowest BCUT2D eigenvalue weighted by molar-refractivity contribution is 0.227. The Kier molecular flexibility index (Phi) is 4.08. The highest BCUT2D eigenvalue weighted by Crippen LogP contribution is 2.40. The molecule has 4 atom stereocenters. The van der Waals surface area contributed by atoms with E-state index in [9.17, 15) is 0 Å². The molecule has 0 aromatic rings. The van der Waals surface area contributed by atoms with Crippen LogP contribution in [0.5, 0.6) is 0 Å². The van der Waals surface area contributed by atoms with Gasteiger partial charge < -0.3 is 11.1 Å². The molecule has 0 amide bonds. The molecule has 0 aromatic heterocycles. The molecule has 0 heterocycles. The Bertz CT molecular complexity index is 309. The molecule has 4 unspecified atom stereocenters. The van der Waals surface area contributed by atoms with E-state index in [-0.39, 0.29) is 0 Å². The molecule has 1 saturated carbocycles. The van der Waals surface area contributed by atoms with Gasteiger partial charge in [-0.15, -0.1) is 0 Å². The van der Waals surface area contributed by atoms with Gasteiger partial charge in [-0.2, -0.15) is 0 Å². The quantitative estimate of drug-likeness (QED) is 0.446.